The van der Waals surface area contributed by atoms with Crippen LogP contribution in [0.4, 0.5) is 5.69 Å². The Kier molecular flexibility index (Phi) is 4.17. The molecule has 6 nitrogen and oxygen atoms in total. The number of aryl methyl sites for hydroxylation is 1. The van der Waals surface area contributed by atoms with Gasteiger partial charge in [0.15, 0.2) is 0 Å². The zero-order valence-electron chi connectivity index (χ0n) is 9.67. The zero-order chi connectivity index (χ0) is 13.0. The fourth-order valence-electron chi connectivity index (χ4n) is 1.43. The standard InChI is InChI=1S/C11H14N2O4/c1-7-3-4-8(5-10(7)13(15)16)9(12)6-11(14)17-2/h3-5,9H,6,12H2,1-2H3. The number of ether oxygens (including phenoxy) is 1. The number of rotatable bonds is 4. The van der Waals surface area contributed by atoms with Crippen LogP contribution in [-0.2, 0) is 9.53 Å². The summed E-state index contributed by atoms with van der Waals surface area (Å²) in [6.07, 6.45) is -0.00326. The molecular weight excluding hydrogens is 224 g/mol. The second kappa shape index (κ2) is 5.40. The van der Waals surface area contributed by atoms with Crippen LogP contribution in [0.1, 0.15) is 23.6 Å². The molecule has 1 aromatic carbocycles. The van der Waals surface area contributed by atoms with Gasteiger partial charge in [0.2, 0.25) is 0 Å². The van der Waals surface area contributed by atoms with Crippen LogP contribution >= 0.6 is 0 Å². The molecule has 1 unspecified atom stereocenters. The maximum Gasteiger partial charge on any atom is 0.307 e. The number of carbonyl (C=O) groups is 1. The van der Waals surface area contributed by atoms with Gasteiger partial charge in [-0.2, -0.15) is 0 Å². The van der Waals surface area contributed by atoms with Gasteiger partial charge in [-0.05, 0) is 12.5 Å². The molecule has 0 aliphatic rings. The molecule has 0 aliphatic heterocycles. The molecule has 0 heterocycles. The minimum Gasteiger partial charge on any atom is -0.469 e. The molecule has 0 radical (unpaired) electrons. The van der Waals surface area contributed by atoms with E-state index in [2.05, 4.69) is 4.74 Å². The Balaban J connectivity index is 2.95. The maximum atomic E-state index is 11.0. The fourth-order valence-corrected chi connectivity index (χ4v) is 1.43. The van der Waals surface area contributed by atoms with E-state index in [-0.39, 0.29) is 12.1 Å². The molecule has 0 fully saturated rings. The number of nitrogens with two attached hydrogens (primary N) is 1. The highest BCUT2D eigenvalue weighted by molar-refractivity contribution is 5.70. The van der Waals surface area contributed by atoms with Crippen LogP contribution in [0.5, 0.6) is 0 Å². The Morgan fingerprint density at radius 3 is 2.76 bits per heavy atom. The minimum atomic E-state index is -0.596. The first kappa shape index (κ1) is 13.1. The summed E-state index contributed by atoms with van der Waals surface area (Å²) in [6, 6.07) is 4.09. The Labute approximate surface area is 98.5 Å². The topological polar surface area (TPSA) is 95.5 Å². The monoisotopic (exact) mass is 238 g/mol. The van der Waals surface area contributed by atoms with Crippen LogP contribution < -0.4 is 5.73 Å². The van der Waals surface area contributed by atoms with Crippen molar-refractivity contribution >= 4 is 11.7 Å². The molecule has 0 bridgehead atoms. The lowest BCUT2D eigenvalue weighted by atomic mass is 10.0. The van der Waals surface area contributed by atoms with Gasteiger partial charge in [0.25, 0.3) is 5.69 Å². The van der Waals surface area contributed by atoms with Gasteiger partial charge in [-0.15, -0.1) is 0 Å². The van der Waals surface area contributed by atoms with Gasteiger partial charge < -0.3 is 10.5 Å². The van der Waals surface area contributed by atoms with E-state index >= 15 is 0 Å². The Morgan fingerprint density at radius 2 is 2.24 bits per heavy atom. The molecule has 1 atom stereocenters. The number of nitro benzene ring substituents is 1. The van der Waals surface area contributed by atoms with Crippen LogP contribution in [-0.4, -0.2) is 18.0 Å². The maximum absolute atomic E-state index is 11.0. The predicted octanol–water partition coefficient (Wildman–Crippen LogP) is 1.47. The zero-order valence-corrected chi connectivity index (χ0v) is 9.67. The molecular formula is C11H14N2O4. The number of methoxy groups -OCH3 is 1. The SMILES string of the molecule is COC(=O)CC(N)c1ccc(C)c([N+](=O)[O-])c1. The summed E-state index contributed by atoms with van der Waals surface area (Å²) in [5, 5.41) is 10.7. The quantitative estimate of drug-likeness (QED) is 0.486. The molecule has 0 aliphatic carbocycles. The van der Waals surface area contributed by atoms with E-state index in [1.165, 1.54) is 13.2 Å². The van der Waals surface area contributed by atoms with Gasteiger partial charge in [0, 0.05) is 17.7 Å². The molecule has 1 aromatic rings. The van der Waals surface area contributed by atoms with Crippen molar-refractivity contribution in [2.75, 3.05) is 7.11 Å². The molecule has 6 heteroatoms. The van der Waals surface area contributed by atoms with Crippen molar-refractivity contribution in [2.24, 2.45) is 5.73 Å². The van der Waals surface area contributed by atoms with Gasteiger partial charge in [0.05, 0.1) is 18.5 Å². The van der Waals surface area contributed by atoms with Gasteiger partial charge in [-0.1, -0.05) is 12.1 Å². The summed E-state index contributed by atoms with van der Waals surface area (Å²) in [5.41, 5.74) is 6.88. The lowest BCUT2D eigenvalue weighted by Gasteiger charge is -2.10. The largest absolute Gasteiger partial charge is 0.469 e. The van der Waals surface area contributed by atoms with Crippen molar-refractivity contribution in [1.29, 1.82) is 0 Å². The minimum absolute atomic E-state index is 0.00261. The molecule has 0 amide bonds. The smallest absolute Gasteiger partial charge is 0.307 e. The lowest BCUT2D eigenvalue weighted by molar-refractivity contribution is -0.385. The first-order valence-electron chi connectivity index (χ1n) is 5.03. The molecule has 0 aromatic heterocycles. The van der Waals surface area contributed by atoms with Crippen molar-refractivity contribution in [2.45, 2.75) is 19.4 Å². The number of nitrogens with zero attached hydrogens (tertiary/aromatic N) is 1. The third-order valence-corrected chi connectivity index (χ3v) is 2.47. The van der Waals surface area contributed by atoms with E-state index in [0.717, 1.165) is 0 Å². The number of benzene rings is 1. The van der Waals surface area contributed by atoms with Crippen molar-refractivity contribution in [3.63, 3.8) is 0 Å². The molecule has 0 saturated heterocycles. The normalized spacial score (nSPS) is 11.9. The van der Waals surface area contributed by atoms with E-state index in [1.807, 2.05) is 0 Å². The molecule has 17 heavy (non-hydrogen) atoms. The summed E-state index contributed by atoms with van der Waals surface area (Å²) < 4.78 is 4.49. The van der Waals surface area contributed by atoms with Gasteiger partial charge in [0.1, 0.15) is 0 Å². The summed E-state index contributed by atoms with van der Waals surface area (Å²) in [7, 11) is 1.27. The molecule has 0 saturated carbocycles. The van der Waals surface area contributed by atoms with Crippen LogP contribution in [0.15, 0.2) is 18.2 Å². The highest BCUT2D eigenvalue weighted by Gasteiger charge is 2.17. The second-order valence-corrected chi connectivity index (χ2v) is 3.69. The Hall–Kier alpha value is -1.95. The summed E-state index contributed by atoms with van der Waals surface area (Å²) >= 11 is 0. The summed E-state index contributed by atoms with van der Waals surface area (Å²) in [5.74, 6) is -0.444. The Morgan fingerprint density at radius 1 is 1.59 bits per heavy atom. The Bertz CT molecular complexity index is 445. The molecule has 0 spiro atoms. The van der Waals surface area contributed by atoms with E-state index < -0.39 is 16.9 Å². The molecule has 2 N–H and O–H groups in total. The van der Waals surface area contributed by atoms with Crippen LogP contribution in [0, 0.1) is 17.0 Å². The van der Waals surface area contributed by atoms with Gasteiger partial charge >= 0.3 is 5.97 Å². The van der Waals surface area contributed by atoms with E-state index in [4.69, 9.17) is 5.73 Å². The molecule has 92 valence electrons. The van der Waals surface area contributed by atoms with Crippen LogP contribution in [0.25, 0.3) is 0 Å². The lowest BCUT2D eigenvalue weighted by Crippen LogP contribution is -2.16. The van der Waals surface area contributed by atoms with E-state index in [0.29, 0.717) is 11.1 Å². The van der Waals surface area contributed by atoms with Gasteiger partial charge in [-0.3, -0.25) is 14.9 Å². The first-order valence-corrected chi connectivity index (χ1v) is 5.03. The van der Waals surface area contributed by atoms with Crippen molar-refractivity contribution in [1.82, 2.24) is 0 Å². The highest BCUT2D eigenvalue weighted by Crippen LogP contribution is 2.23. The van der Waals surface area contributed by atoms with E-state index in [1.54, 1.807) is 19.1 Å². The number of hydrogen-bond donors (Lipinski definition) is 1. The third-order valence-electron chi connectivity index (χ3n) is 2.47. The average molecular weight is 238 g/mol. The van der Waals surface area contributed by atoms with Gasteiger partial charge in [-0.25, -0.2) is 0 Å². The predicted molar refractivity (Wildman–Crippen MR) is 61.4 cm³/mol. The van der Waals surface area contributed by atoms with E-state index in [9.17, 15) is 14.9 Å². The second-order valence-electron chi connectivity index (χ2n) is 3.69. The summed E-state index contributed by atoms with van der Waals surface area (Å²) in [4.78, 5) is 21.3. The first-order chi connectivity index (χ1) is 7.95. The number of hydrogen-bond acceptors (Lipinski definition) is 5. The average Bonchev–Trinajstić information content (AvgIpc) is 2.28. The van der Waals surface area contributed by atoms with Crippen molar-refractivity contribution < 1.29 is 14.5 Å². The van der Waals surface area contributed by atoms with Crippen molar-refractivity contribution in [3.05, 3.63) is 39.4 Å². The number of esters is 1. The number of carbonyl (C=O) groups excluding carboxylic acids is 1. The van der Waals surface area contributed by atoms with Crippen LogP contribution in [0.3, 0.4) is 0 Å². The third kappa shape index (κ3) is 3.25. The fraction of sp³-hybridized carbons (Fsp3) is 0.364. The van der Waals surface area contributed by atoms with Crippen LogP contribution in [0.2, 0.25) is 0 Å². The summed E-state index contributed by atoms with van der Waals surface area (Å²) in [6.45, 7) is 1.65. The number of nitro groups is 1. The molecule has 1 rings (SSSR count). The highest BCUT2D eigenvalue weighted by atomic mass is 16.6. The van der Waals surface area contributed by atoms with Crippen molar-refractivity contribution in [3.8, 4) is 0 Å².